The average Bonchev–Trinajstić information content (AvgIpc) is 3.14. The van der Waals surface area contributed by atoms with Gasteiger partial charge in [-0.1, -0.05) is 32.9 Å². The first-order valence-electron chi connectivity index (χ1n) is 8.36. The molecular formula is C20H23NO3S. The van der Waals surface area contributed by atoms with Crippen LogP contribution in [-0.2, 0) is 21.5 Å². The van der Waals surface area contributed by atoms with Crippen LogP contribution < -0.4 is 0 Å². The van der Waals surface area contributed by atoms with Gasteiger partial charge in [-0.05, 0) is 30.7 Å². The number of methoxy groups -OCH3 is 1. The van der Waals surface area contributed by atoms with E-state index in [9.17, 15) is 9.59 Å². The number of fused-ring (bicyclic) bond motifs is 1. The molecular weight excluding hydrogens is 334 g/mol. The lowest BCUT2D eigenvalue weighted by Gasteiger charge is -2.25. The van der Waals surface area contributed by atoms with Crippen molar-refractivity contribution in [2.75, 3.05) is 7.11 Å². The molecule has 132 valence electrons. The summed E-state index contributed by atoms with van der Waals surface area (Å²) >= 11 is 1.70. The zero-order chi connectivity index (χ0) is 18.2. The summed E-state index contributed by atoms with van der Waals surface area (Å²) in [4.78, 5) is 27.1. The smallest absolute Gasteiger partial charge is 0.325 e. The maximum absolute atomic E-state index is 13.4. The highest BCUT2D eigenvalue weighted by Gasteiger charge is 2.53. The van der Waals surface area contributed by atoms with Crippen molar-refractivity contribution in [3.63, 3.8) is 0 Å². The summed E-state index contributed by atoms with van der Waals surface area (Å²) in [5, 5.41) is 0. The highest BCUT2D eigenvalue weighted by molar-refractivity contribution is 8.00. The van der Waals surface area contributed by atoms with E-state index >= 15 is 0 Å². The Morgan fingerprint density at radius 3 is 2.64 bits per heavy atom. The topological polar surface area (TPSA) is 48.3 Å². The van der Waals surface area contributed by atoms with Gasteiger partial charge in [0.1, 0.15) is 0 Å². The van der Waals surface area contributed by atoms with E-state index in [4.69, 9.17) is 4.74 Å². The molecule has 1 aliphatic heterocycles. The molecule has 0 saturated carbocycles. The first-order chi connectivity index (χ1) is 11.8. The Morgan fingerprint density at radius 1 is 1.20 bits per heavy atom. The van der Waals surface area contributed by atoms with Gasteiger partial charge >= 0.3 is 5.97 Å². The molecule has 1 unspecified atom stereocenters. The normalized spacial score (nSPS) is 19.5. The van der Waals surface area contributed by atoms with Crippen LogP contribution in [0.25, 0.3) is 0 Å². The van der Waals surface area contributed by atoms with Crippen LogP contribution in [0.1, 0.15) is 43.2 Å². The molecule has 1 aliphatic rings. The summed E-state index contributed by atoms with van der Waals surface area (Å²) in [6.45, 7) is 7.03. The number of carbonyl (C=O) groups excluding carboxylic acids is 2. The third-order valence-corrected chi connectivity index (χ3v) is 5.54. The molecule has 2 heterocycles. The molecule has 0 saturated heterocycles. The van der Waals surface area contributed by atoms with Crippen LogP contribution in [0, 0.1) is 0 Å². The van der Waals surface area contributed by atoms with Gasteiger partial charge in [-0.15, -0.1) is 11.8 Å². The number of carbonyl (C=O) groups is 2. The molecule has 0 aliphatic carbocycles. The monoisotopic (exact) mass is 357 g/mol. The van der Waals surface area contributed by atoms with Crippen molar-refractivity contribution in [2.24, 2.45) is 0 Å². The number of benzene rings is 1. The minimum Gasteiger partial charge on any atom is -0.468 e. The molecule has 25 heavy (non-hydrogen) atoms. The van der Waals surface area contributed by atoms with E-state index in [1.54, 1.807) is 17.8 Å². The second kappa shape index (κ2) is 6.37. The number of aromatic nitrogens is 1. The molecule has 0 N–H and O–H groups in total. The lowest BCUT2D eigenvalue weighted by molar-refractivity contribution is -0.145. The van der Waals surface area contributed by atoms with Crippen molar-refractivity contribution in [3.05, 3.63) is 53.9 Å². The van der Waals surface area contributed by atoms with Gasteiger partial charge in [0.05, 0.1) is 7.11 Å². The summed E-state index contributed by atoms with van der Waals surface area (Å²) in [6.07, 6.45) is 2.34. The first-order valence-corrected chi connectivity index (χ1v) is 9.17. The number of aryl methyl sites for hydroxylation is 1. The number of Topliss-reactive ketones (excluding diaryl/α,β-unsaturated/α-hetero) is 1. The maximum Gasteiger partial charge on any atom is 0.325 e. The largest absolute Gasteiger partial charge is 0.468 e. The van der Waals surface area contributed by atoms with Crippen molar-refractivity contribution < 1.29 is 14.3 Å². The number of rotatable bonds is 4. The van der Waals surface area contributed by atoms with E-state index in [2.05, 4.69) is 20.8 Å². The average molecular weight is 357 g/mol. The van der Waals surface area contributed by atoms with E-state index in [1.807, 2.05) is 41.1 Å². The third-order valence-electron chi connectivity index (χ3n) is 4.44. The SMILES string of the molecule is COC(=O)C1(C(=O)c2cccc(SC(C)(C)C)c2)CCn2cccc21. The van der Waals surface area contributed by atoms with Crippen LogP contribution in [0.4, 0.5) is 0 Å². The molecule has 1 aromatic heterocycles. The summed E-state index contributed by atoms with van der Waals surface area (Å²) in [5.74, 6) is -0.669. The highest BCUT2D eigenvalue weighted by atomic mass is 32.2. The number of ketones is 1. The number of nitrogens with zero attached hydrogens (tertiary/aromatic N) is 1. The van der Waals surface area contributed by atoms with E-state index in [0.29, 0.717) is 18.5 Å². The predicted octanol–water partition coefficient (Wildman–Crippen LogP) is 4.08. The van der Waals surface area contributed by atoms with Crippen LogP contribution in [-0.4, -0.2) is 28.2 Å². The van der Waals surface area contributed by atoms with Crippen LogP contribution in [0.5, 0.6) is 0 Å². The van der Waals surface area contributed by atoms with Gasteiger partial charge in [-0.3, -0.25) is 9.59 Å². The van der Waals surface area contributed by atoms with Crippen molar-refractivity contribution >= 4 is 23.5 Å². The van der Waals surface area contributed by atoms with Crippen LogP contribution >= 0.6 is 11.8 Å². The van der Waals surface area contributed by atoms with Crippen LogP contribution in [0.15, 0.2) is 47.5 Å². The summed E-state index contributed by atoms with van der Waals surface area (Å²) in [5.41, 5.74) is 0.0241. The minimum absolute atomic E-state index is 0.0454. The molecule has 4 nitrogen and oxygen atoms in total. The van der Waals surface area contributed by atoms with Gasteiger partial charge in [-0.2, -0.15) is 0 Å². The van der Waals surface area contributed by atoms with Gasteiger partial charge in [0.15, 0.2) is 11.2 Å². The Labute approximate surface area is 152 Å². The fourth-order valence-corrected chi connectivity index (χ4v) is 4.46. The van der Waals surface area contributed by atoms with E-state index < -0.39 is 11.4 Å². The molecule has 0 amide bonds. The fourth-order valence-electron chi connectivity index (χ4n) is 3.42. The Bertz CT molecular complexity index is 818. The van der Waals surface area contributed by atoms with E-state index in [1.165, 1.54) is 7.11 Å². The van der Waals surface area contributed by atoms with E-state index in [-0.39, 0.29) is 10.5 Å². The zero-order valence-corrected chi connectivity index (χ0v) is 15.9. The van der Waals surface area contributed by atoms with E-state index in [0.717, 1.165) is 10.6 Å². The van der Waals surface area contributed by atoms with Gasteiger partial charge in [0.25, 0.3) is 0 Å². The molecule has 0 radical (unpaired) electrons. The lowest BCUT2D eigenvalue weighted by atomic mass is 9.76. The molecule has 1 atom stereocenters. The molecule has 5 heteroatoms. The Hall–Kier alpha value is -2.01. The van der Waals surface area contributed by atoms with Crippen molar-refractivity contribution in [1.29, 1.82) is 0 Å². The van der Waals surface area contributed by atoms with Crippen molar-refractivity contribution in [3.8, 4) is 0 Å². The van der Waals surface area contributed by atoms with Crippen molar-refractivity contribution in [2.45, 2.75) is 48.8 Å². The van der Waals surface area contributed by atoms with Crippen LogP contribution in [0.2, 0.25) is 0 Å². The molecule has 0 spiro atoms. The molecule has 3 rings (SSSR count). The Morgan fingerprint density at radius 2 is 1.96 bits per heavy atom. The fraction of sp³-hybridized carbons (Fsp3) is 0.400. The highest BCUT2D eigenvalue weighted by Crippen LogP contribution is 2.40. The maximum atomic E-state index is 13.4. The standard InChI is InChI=1S/C20H23NO3S/c1-19(2,3)25-15-8-5-7-14(13-15)17(22)20(18(23)24-4)10-12-21-11-6-9-16(20)21/h5-9,11,13H,10,12H2,1-4H3. The van der Waals surface area contributed by atoms with Gasteiger partial charge in [0.2, 0.25) is 0 Å². The Balaban J connectivity index is 2.04. The molecule has 2 aromatic rings. The number of esters is 1. The summed E-state index contributed by atoms with van der Waals surface area (Å²) < 4.78 is 7.05. The quantitative estimate of drug-likeness (QED) is 0.358. The number of hydrogen-bond acceptors (Lipinski definition) is 4. The van der Waals surface area contributed by atoms with Gasteiger partial charge in [-0.25, -0.2) is 0 Å². The molecule has 0 fully saturated rings. The zero-order valence-electron chi connectivity index (χ0n) is 15.0. The summed E-state index contributed by atoms with van der Waals surface area (Å²) in [6, 6.07) is 11.2. The second-order valence-electron chi connectivity index (χ2n) is 7.31. The third kappa shape index (κ3) is 3.13. The van der Waals surface area contributed by atoms with Gasteiger partial charge in [0, 0.05) is 33.6 Å². The van der Waals surface area contributed by atoms with Crippen molar-refractivity contribution in [1.82, 2.24) is 4.57 Å². The lowest BCUT2D eigenvalue weighted by Crippen LogP contribution is -2.43. The van der Waals surface area contributed by atoms with Crippen LogP contribution in [0.3, 0.4) is 0 Å². The first kappa shape index (κ1) is 17.8. The molecule has 0 bridgehead atoms. The van der Waals surface area contributed by atoms with Gasteiger partial charge < -0.3 is 9.30 Å². The molecule has 1 aromatic carbocycles. The minimum atomic E-state index is -1.25. The number of thioether (sulfide) groups is 1. The Kier molecular flexibility index (Phi) is 4.54. The summed E-state index contributed by atoms with van der Waals surface area (Å²) in [7, 11) is 1.34. The second-order valence-corrected chi connectivity index (χ2v) is 9.21. The predicted molar refractivity (Wildman–Crippen MR) is 99.1 cm³/mol. The number of ether oxygens (including phenoxy) is 1. The number of hydrogen-bond donors (Lipinski definition) is 0.